The van der Waals surface area contributed by atoms with E-state index < -0.39 is 0 Å². The van der Waals surface area contributed by atoms with Crippen molar-refractivity contribution in [3.63, 3.8) is 0 Å². The topological polar surface area (TPSA) is 105 Å². The average Bonchev–Trinajstić information content (AvgIpc) is 3.72. The SMILES string of the molecule is CC(C)n1c(=O)n(CC2CC2)c(=O)c2cc(NC(=O)N3CCCC(CC(=O)Nc4ccccc4)C3)ccc21. The van der Waals surface area contributed by atoms with Crippen molar-refractivity contribution in [2.24, 2.45) is 11.8 Å². The van der Waals surface area contributed by atoms with Crippen molar-refractivity contribution >= 4 is 34.2 Å². The van der Waals surface area contributed by atoms with Crippen LogP contribution in [0.15, 0.2) is 58.1 Å². The molecule has 5 rings (SSSR count). The third-order valence-corrected chi connectivity index (χ3v) is 7.41. The lowest BCUT2D eigenvalue weighted by Gasteiger charge is -2.32. The fraction of sp³-hybridized carbons (Fsp3) is 0.448. The Bertz CT molecular complexity index is 1460. The summed E-state index contributed by atoms with van der Waals surface area (Å²) in [5.74, 6) is 0.393. The molecule has 1 aromatic heterocycles. The number of carbonyl (C=O) groups is 2. The van der Waals surface area contributed by atoms with E-state index in [0.29, 0.717) is 48.6 Å². The van der Waals surface area contributed by atoms with Crippen molar-refractivity contribution in [2.45, 2.75) is 58.5 Å². The molecule has 1 aliphatic carbocycles. The molecule has 2 heterocycles. The quantitative estimate of drug-likeness (QED) is 0.484. The zero-order chi connectivity index (χ0) is 26.8. The molecule has 200 valence electrons. The highest BCUT2D eigenvalue weighted by molar-refractivity contribution is 5.93. The van der Waals surface area contributed by atoms with Gasteiger partial charge in [0.25, 0.3) is 5.56 Å². The zero-order valence-electron chi connectivity index (χ0n) is 22.0. The van der Waals surface area contributed by atoms with Gasteiger partial charge in [-0.15, -0.1) is 0 Å². The number of piperidine rings is 1. The van der Waals surface area contributed by atoms with Crippen LogP contribution in [0.4, 0.5) is 16.2 Å². The van der Waals surface area contributed by atoms with Gasteiger partial charge in [-0.2, -0.15) is 0 Å². The summed E-state index contributed by atoms with van der Waals surface area (Å²) in [6.45, 7) is 5.38. The molecule has 2 aliphatic rings. The van der Waals surface area contributed by atoms with Crippen LogP contribution in [0, 0.1) is 11.8 Å². The lowest BCUT2D eigenvalue weighted by molar-refractivity contribution is -0.117. The molecule has 0 bridgehead atoms. The molecular weight excluding hydrogens is 482 g/mol. The number of hydrogen-bond acceptors (Lipinski definition) is 4. The molecule has 3 amide bonds. The van der Waals surface area contributed by atoms with Gasteiger partial charge in [0.1, 0.15) is 0 Å². The maximum absolute atomic E-state index is 13.3. The molecule has 9 heteroatoms. The van der Waals surface area contributed by atoms with Gasteiger partial charge in [0.15, 0.2) is 0 Å². The molecular formula is C29H35N5O4. The van der Waals surface area contributed by atoms with E-state index in [1.807, 2.05) is 44.2 Å². The fourth-order valence-electron chi connectivity index (χ4n) is 5.29. The van der Waals surface area contributed by atoms with Gasteiger partial charge in [-0.25, -0.2) is 9.59 Å². The van der Waals surface area contributed by atoms with Gasteiger partial charge in [0, 0.05) is 43.5 Å². The smallest absolute Gasteiger partial charge is 0.326 e. The average molecular weight is 518 g/mol. The molecule has 1 atom stereocenters. The highest BCUT2D eigenvalue weighted by atomic mass is 16.2. The molecule has 0 radical (unpaired) electrons. The number of rotatable bonds is 7. The van der Waals surface area contributed by atoms with Gasteiger partial charge >= 0.3 is 11.7 Å². The first-order valence-electron chi connectivity index (χ1n) is 13.5. The lowest BCUT2D eigenvalue weighted by atomic mass is 9.94. The van der Waals surface area contributed by atoms with Crippen molar-refractivity contribution in [1.82, 2.24) is 14.0 Å². The van der Waals surface area contributed by atoms with Crippen molar-refractivity contribution in [3.8, 4) is 0 Å². The minimum absolute atomic E-state index is 0.0586. The Labute approximate surface area is 221 Å². The normalized spacial score (nSPS) is 17.6. The zero-order valence-corrected chi connectivity index (χ0v) is 22.0. The molecule has 1 saturated heterocycles. The predicted molar refractivity (Wildman–Crippen MR) is 149 cm³/mol. The maximum atomic E-state index is 13.3. The van der Waals surface area contributed by atoms with E-state index in [9.17, 15) is 19.2 Å². The fourth-order valence-corrected chi connectivity index (χ4v) is 5.29. The minimum Gasteiger partial charge on any atom is -0.326 e. The molecule has 1 saturated carbocycles. The Morgan fingerprint density at radius 3 is 2.42 bits per heavy atom. The number of likely N-dealkylation sites (tertiary alicyclic amines) is 1. The van der Waals surface area contributed by atoms with E-state index in [1.165, 1.54) is 4.57 Å². The Hall–Kier alpha value is -3.88. The number of anilines is 2. The van der Waals surface area contributed by atoms with Crippen molar-refractivity contribution in [3.05, 3.63) is 69.4 Å². The third kappa shape index (κ3) is 5.66. The molecule has 2 N–H and O–H groups in total. The number of carbonyl (C=O) groups excluding carboxylic acids is 2. The van der Waals surface area contributed by atoms with Crippen LogP contribution < -0.4 is 21.9 Å². The maximum Gasteiger partial charge on any atom is 0.331 e. The summed E-state index contributed by atoms with van der Waals surface area (Å²) in [4.78, 5) is 53.8. The Morgan fingerprint density at radius 1 is 0.947 bits per heavy atom. The van der Waals surface area contributed by atoms with Gasteiger partial charge in [0.2, 0.25) is 5.91 Å². The summed E-state index contributed by atoms with van der Waals surface area (Å²) < 4.78 is 3.00. The minimum atomic E-state index is -0.313. The van der Waals surface area contributed by atoms with Crippen LogP contribution in [-0.2, 0) is 11.3 Å². The van der Waals surface area contributed by atoms with Gasteiger partial charge in [-0.05, 0) is 81.7 Å². The van der Waals surface area contributed by atoms with Crippen LogP contribution in [0.5, 0.6) is 0 Å². The van der Waals surface area contributed by atoms with Crippen LogP contribution in [0.25, 0.3) is 10.9 Å². The molecule has 1 unspecified atom stereocenters. The van der Waals surface area contributed by atoms with E-state index in [2.05, 4.69) is 10.6 Å². The number of hydrogen-bond donors (Lipinski definition) is 2. The molecule has 1 aliphatic heterocycles. The van der Waals surface area contributed by atoms with Crippen molar-refractivity contribution in [1.29, 1.82) is 0 Å². The summed E-state index contributed by atoms with van der Waals surface area (Å²) in [6.07, 6.45) is 4.12. The summed E-state index contributed by atoms with van der Waals surface area (Å²) in [6, 6.07) is 14.1. The van der Waals surface area contributed by atoms with Crippen LogP contribution in [-0.4, -0.2) is 39.1 Å². The highest BCUT2D eigenvalue weighted by Crippen LogP contribution is 2.30. The van der Waals surface area contributed by atoms with Crippen LogP contribution in [0.3, 0.4) is 0 Å². The summed E-state index contributed by atoms with van der Waals surface area (Å²) in [7, 11) is 0. The predicted octanol–water partition coefficient (Wildman–Crippen LogP) is 4.43. The molecule has 9 nitrogen and oxygen atoms in total. The van der Waals surface area contributed by atoms with E-state index in [-0.39, 0.29) is 35.1 Å². The Balaban J connectivity index is 1.30. The van der Waals surface area contributed by atoms with Crippen molar-refractivity contribution in [2.75, 3.05) is 23.7 Å². The molecule has 2 aromatic carbocycles. The van der Waals surface area contributed by atoms with Gasteiger partial charge < -0.3 is 15.5 Å². The second-order valence-corrected chi connectivity index (χ2v) is 10.8. The number of aromatic nitrogens is 2. The summed E-state index contributed by atoms with van der Waals surface area (Å²) >= 11 is 0. The first-order valence-corrected chi connectivity index (χ1v) is 13.5. The van der Waals surface area contributed by atoms with Gasteiger partial charge in [-0.1, -0.05) is 18.2 Å². The highest BCUT2D eigenvalue weighted by Gasteiger charge is 2.27. The second-order valence-electron chi connectivity index (χ2n) is 10.8. The Morgan fingerprint density at radius 2 is 1.71 bits per heavy atom. The van der Waals surface area contributed by atoms with E-state index in [0.717, 1.165) is 31.4 Å². The number of urea groups is 1. The van der Waals surface area contributed by atoms with Gasteiger partial charge in [0.05, 0.1) is 10.9 Å². The first-order chi connectivity index (χ1) is 18.3. The first kappa shape index (κ1) is 25.8. The van der Waals surface area contributed by atoms with Crippen molar-refractivity contribution < 1.29 is 9.59 Å². The number of para-hydroxylation sites is 1. The Kier molecular flexibility index (Phi) is 7.35. The molecule has 3 aromatic rings. The lowest BCUT2D eigenvalue weighted by Crippen LogP contribution is -2.43. The van der Waals surface area contributed by atoms with E-state index >= 15 is 0 Å². The number of nitrogens with zero attached hydrogens (tertiary/aromatic N) is 3. The summed E-state index contributed by atoms with van der Waals surface area (Å²) in [5, 5.41) is 6.27. The number of fused-ring (bicyclic) bond motifs is 1. The second kappa shape index (κ2) is 10.8. The van der Waals surface area contributed by atoms with E-state index in [4.69, 9.17) is 0 Å². The largest absolute Gasteiger partial charge is 0.331 e. The van der Waals surface area contributed by atoms with E-state index in [1.54, 1.807) is 27.7 Å². The monoisotopic (exact) mass is 517 g/mol. The number of nitrogens with one attached hydrogen (secondary N) is 2. The summed E-state index contributed by atoms with van der Waals surface area (Å²) in [5.41, 5.74) is 1.25. The van der Waals surface area contributed by atoms with Crippen LogP contribution in [0.2, 0.25) is 0 Å². The van der Waals surface area contributed by atoms with Crippen LogP contribution in [0.1, 0.15) is 52.0 Å². The number of amides is 3. The molecule has 38 heavy (non-hydrogen) atoms. The number of benzene rings is 2. The van der Waals surface area contributed by atoms with Crippen LogP contribution >= 0.6 is 0 Å². The standard InChI is InChI=1S/C29H35N5O4/c1-19(2)34-25-13-12-23(16-24(25)27(36)33(29(34)38)18-20-10-11-20)31-28(37)32-14-6-7-21(17-32)15-26(35)30-22-8-4-3-5-9-22/h3-5,8-9,12-13,16,19-21H,6-7,10-11,14-15,17-18H2,1-2H3,(H,30,35)(H,31,37). The third-order valence-electron chi connectivity index (χ3n) is 7.41. The molecule has 2 fully saturated rings. The molecule has 0 spiro atoms. The van der Waals surface area contributed by atoms with Gasteiger partial charge in [-0.3, -0.25) is 18.7 Å².